The van der Waals surface area contributed by atoms with Crippen molar-refractivity contribution < 1.29 is 4.79 Å². The molecule has 7 heteroatoms. The zero-order chi connectivity index (χ0) is 22.1. The predicted octanol–water partition coefficient (Wildman–Crippen LogP) is 4.44. The molecule has 1 N–H and O–H groups in total. The number of benzene rings is 2. The summed E-state index contributed by atoms with van der Waals surface area (Å²) in [5, 5.41) is 12.4. The zero-order valence-electron chi connectivity index (χ0n) is 17.9. The minimum Gasteiger partial charge on any atom is -0.322 e. The van der Waals surface area contributed by atoms with E-state index in [9.17, 15) is 4.79 Å². The molecule has 7 nitrogen and oxygen atoms in total. The lowest BCUT2D eigenvalue weighted by molar-refractivity contribution is 0.102. The Bertz CT molecular complexity index is 1420. The second-order valence-electron chi connectivity index (χ2n) is 7.70. The number of carbonyl (C=O) groups excluding carboxylic acids is 1. The van der Waals surface area contributed by atoms with Crippen LogP contribution in [0, 0.1) is 6.92 Å². The highest BCUT2D eigenvalue weighted by atomic mass is 16.1. The molecule has 0 aliphatic heterocycles. The monoisotopic (exact) mass is 422 g/mol. The van der Waals surface area contributed by atoms with Crippen molar-refractivity contribution in [3.05, 3.63) is 96.1 Å². The third-order valence-corrected chi connectivity index (χ3v) is 5.56. The molecule has 0 saturated heterocycles. The summed E-state index contributed by atoms with van der Waals surface area (Å²) in [4.78, 5) is 18.1. The fourth-order valence-electron chi connectivity index (χ4n) is 3.78. The maximum Gasteiger partial charge on any atom is 0.256 e. The van der Waals surface area contributed by atoms with E-state index >= 15 is 0 Å². The van der Waals surface area contributed by atoms with Crippen molar-refractivity contribution in [1.82, 2.24) is 24.5 Å². The van der Waals surface area contributed by atoms with E-state index in [1.165, 1.54) is 0 Å². The van der Waals surface area contributed by atoms with E-state index in [0.29, 0.717) is 12.1 Å². The molecule has 0 radical (unpaired) electrons. The summed E-state index contributed by atoms with van der Waals surface area (Å²) in [5.41, 5.74) is 5.76. The van der Waals surface area contributed by atoms with E-state index in [-0.39, 0.29) is 5.91 Å². The third-order valence-electron chi connectivity index (χ3n) is 5.56. The molecule has 158 valence electrons. The van der Waals surface area contributed by atoms with Crippen molar-refractivity contribution >= 4 is 22.5 Å². The number of hydrogen-bond donors (Lipinski definition) is 1. The van der Waals surface area contributed by atoms with E-state index < -0.39 is 0 Å². The highest BCUT2D eigenvalue weighted by molar-refractivity contribution is 6.13. The second-order valence-corrected chi connectivity index (χ2v) is 7.70. The van der Waals surface area contributed by atoms with Gasteiger partial charge in [0.05, 0.1) is 29.5 Å². The van der Waals surface area contributed by atoms with E-state index in [4.69, 9.17) is 4.98 Å². The summed E-state index contributed by atoms with van der Waals surface area (Å²) in [6.07, 6.45) is 5.45. The first-order valence-corrected chi connectivity index (χ1v) is 10.3. The predicted molar refractivity (Wildman–Crippen MR) is 124 cm³/mol. The minimum atomic E-state index is -0.178. The normalized spacial score (nSPS) is 11.1. The summed E-state index contributed by atoms with van der Waals surface area (Å²) >= 11 is 0. The zero-order valence-corrected chi connectivity index (χ0v) is 17.9. The Hall–Kier alpha value is -4.26. The van der Waals surface area contributed by atoms with Gasteiger partial charge in [0.2, 0.25) is 0 Å². The van der Waals surface area contributed by atoms with Gasteiger partial charge in [-0.1, -0.05) is 30.3 Å². The standard InChI is InChI=1S/C25H22N6O/c1-17-22(15-27-30(17)2)24-14-21(20-9-3-4-10-23(20)29-24)25(32)28-19-8-5-7-18(13-19)16-31-12-6-11-26-31/h3-15H,16H2,1-2H3,(H,28,32). The van der Waals surface area contributed by atoms with Crippen LogP contribution in [-0.4, -0.2) is 30.5 Å². The Morgan fingerprint density at radius 2 is 1.91 bits per heavy atom. The van der Waals surface area contributed by atoms with E-state index in [0.717, 1.165) is 39.1 Å². The van der Waals surface area contributed by atoms with Crippen molar-refractivity contribution in [1.29, 1.82) is 0 Å². The number of fused-ring (bicyclic) bond motifs is 1. The summed E-state index contributed by atoms with van der Waals surface area (Å²) < 4.78 is 3.65. The Kier molecular flexibility index (Phi) is 4.99. The Labute approximate surface area is 185 Å². The Morgan fingerprint density at radius 1 is 1.03 bits per heavy atom. The molecular formula is C25H22N6O. The van der Waals surface area contributed by atoms with Crippen LogP contribution in [0.3, 0.4) is 0 Å². The van der Waals surface area contributed by atoms with Crippen molar-refractivity contribution in [2.24, 2.45) is 7.05 Å². The maximum absolute atomic E-state index is 13.4. The van der Waals surface area contributed by atoms with Gasteiger partial charge in [-0.25, -0.2) is 4.98 Å². The SMILES string of the molecule is Cc1c(-c2cc(C(=O)Nc3cccc(Cn4cccn4)c3)c3ccccc3n2)cnn1C. The summed E-state index contributed by atoms with van der Waals surface area (Å²) in [7, 11) is 1.89. The summed E-state index contributed by atoms with van der Waals surface area (Å²) in [6, 6.07) is 19.2. The second kappa shape index (κ2) is 8.11. The molecule has 0 aliphatic carbocycles. The number of nitrogens with one attached hydrogen (secondary N) is 1. The largest absolute Gasteiger partial charge is 0.322 e. The van der Waals surface area contributed by atoms with Gasteiger partial charge in [0.15, 0.2) is 0 Å². The summed E-state index contributed by atoms with van der Waals surface area (Å²) in [6.45, 7) is 2.63. The number of aryl methyl sites for hydroxylation is 1. The molecule has 0 fully saturated rings. The van der Waals surface area contributed by atoms with Crippen molar-refractivity contribution in [3.63, 3.8) is 0 Å². The van der Waals surface area contributed by atoms with Crippen LogP contribution in [-0.2, 0) is 13.6 Å². The average molecular weight is 422 g/mol. The van der Waals surface area contributed by atoms with Gasteiger partial charge < -0.3 is 5.32 Å². The van der Waals surface area contributed by atoms with Gasteiger partial charge >= 0.3 is 0 Å². The van der Waals surface area contributed by atoms with Crippen LogP contribution in [0.25, 0.3) is 22.2 Å². The molecule has 0 atom stereocenters. The molecule has 2 aromatic carbocycles. The first kappa shape index (κ1) is 19.7. The molecule has 3 heterocycles. The number of aromatic nitrogens is 5. The highest BCUT2D eigenvalue weighted by Crippen LogP contribution is 2.27. The van der Waals surface area contributed by atoms with Crippen LogP contribution in [0.5, 0.6) is 0 Å². The number of amides is 1. The van der Waals surface area contributed by atoms with Crippen LogP contribution in [0.15, 0.2) is 79.3 Å². The lowest BCUT2D eigenvalue weighted by Crippen LogP contribution is -2.13. The molecule has 0 unspecified atom stereocenters. The number of anilines is 1. The van der Waals surface area contributed by atoms with Crippen LogP contribution in [0.1, 0.15) is 21.6 Å². The molecule has 0 saturated carbocycles. The fourth-order valence-corrected chi connectivity index (χ4v) is 3.78. The molecule has 0 bridgehead atoms. The molecule has 32 heavy (non-hydrogen) atoms. The molecule has 5 rings (SSSR count). The van der Waals surface area contributed by atoms with Crippen LogP contribution < -0.4 is 5.32 Å². The molecule has 3 aromatic heterocycles. The van der Waals surface area contributed by atoms with Crippen LogP contribution in [0.2, 0.25) is 0 Å². The van der Waals surface area contributed by atoms with Crippen molar-refractivity contribution in [3.8, 4) is 11.3 Å². The fraction of sp³-hybridized carbons (Fsp3) is 0.120. The van der Waals surface area contributed by atoms with Crippen LogP contribution in [0.4, 0.5) is 5.69 Å². The number of pyridine rings is 1. The summed E-state index contributed by atoms with van der Waals surface area (Å²) in [5.74, 6) is -0.178. The number of hydrogen-bond acceptors (Lipinski definition) is 4. The lowest BCUT2D eigenvalue weighted by atomic mass is 10.0. The molecule has 5 aromatic rings. The number of para-hydroxylation sites is 1. The van der Waals surface area contributed by atoms with Gasteiger partial charge in [-0.3, -0.25) is 14.2 Å². The molecule has 0 aliphatic rings. The molecular weight excluding hydrogens is 400 g/mol. The van der Waals surface area contributed by atoms with Crippen molar-refractivity contribution in [2.75, 3.05) is 5.32 Å². The Morgan fingerprint density at radius 3 is 2.69 bits per heavy atom. The van der Waals surface area contributed by atoms with Crippen LogP contribution >= 0.6 is 0 Å². The van der Waals surface area contributed by atoms with Gasteiger partial charge in [-0.2, -0.15) is 10.2 Å². The number of nitrogens with zero attached hydrogens (tertiary/aromatic N) is 5. The van der Waals surface area contributed by atoms with Gasteiger partial charge in [0.1, 0.15) is 0 Å². The van der Waals surface area contributed by atoms with Gasteiger partial charge in [0.25, 0.3) is 5.91 Å². The minimum absolute atomic E-state index is 0.178. The number of rotatable bonds is 5. The van der Waals surface area contributed by atoms with Crippen molar-refractivity contribution in [2.45, 2.75) is 13.5 Å². The molecule has 0 spiro atoms. The average Bonchev–Trinajstić information content (AvgIpc) is 3.43. The van der Waals surface area contributed by atoms with E-state index in [2.05, 4.69) is 15.5 Å². The highest BCUT2D eigenvalue weighted by Gasteiger charge is 2.16. The van der Waals surface area contributed by atoms with E-state index in [1.54, 1.807) is 17.1 Å². The quantitative estimate of drug-likeness (QED) is 0.454. The first-order valence-electron chi connectivity index (χ1n) is 10.3. The van der Waals surface area contributed by atoms with Gasteiger partial charge in [-0.05, 0) is 42.8 Å². The molecule has 1 amide bonds. The topological polar surface area (TPSA) is 77.6 Å². The first-order chi connectivity index (χ1) is 15.6. The number of carbonyl (C=O) groups is 1. The van der Waals surface area contributed by atoms with Gasteiger partial charge in [0, 0.05) is 41.8 Å². The Balaban J connectivity index is 1.50. The lowest BCUT2D eigenvalue weighted by Gasteiger charge is -2.11. The van der Waals surface area contributed by atoms with Gasteiger partial charge in [-0.15, -0.1) is 0 Å². The smallest absolute Gasteiger partial charge is 0.256 e. The third kappa shape index (κ3) is 3.76. The van der Waals surface area contributed by atoms with E-state index in [1.807, 2.05) is 85.5 Å². The maximum atomic E-state index is 13.4.